The smallest absolute Gasteiger partial charge is 0.410 e. The van der Waals surface area contributed by atoms with Crippen molar-refractivity contribution in [2.45, 2.75) is 51.7 Å². The molecule has 3 rings (SSSR count). The molecule has 6 nitrogen and oxygen atoms in total. The lowest BCUT2D eigenvalue weighted by atomic mass is 9.94. The van der Waals surface area contributed by atoms with Crippen molar-refractivity contribution >= 4 is 12.0 Å². The Kier molecular flexibility index (Phi) is 5.51. The van der Waals surface area contributed by atoms with E-state index in [4.69, 9.17) is 9.57 Å². The fraction of sp³-hybridized carbons (Fsp3) is 0.600. The van der Waals surface area contributed by atoms with Gasteiger partial charge in [-0.2, -0.15) is 0 Å². The third-order valence-electron chi connectivity index (χ3n) is 4.80. The highest BCUT2D eigenvalue weighted by atomic mass is 16.7. The van der Waals surface area contributed by atoms with Gasteiger partial charge in [-0.1, -0.05) is 30.3 Å². The van der Waals surface area contributed by atoms with Crippen LogP contribution in [-0.2, 0) is 14.4 Å². The normalized spacial score (nSPS) is 21.7. The fourth-order valence-electron chi connectivity index (χ4n) is 3.48. The maximum Gasteiger partial charge on any atom is 0.410 e. The van der Waals surface area contributed by atoms with E-state index >= 15 is 0 Å². The van der Waals surface area contributed by atoms with E-state index in [0.717, 1.165) is 12.0 Å². The lowest BCUT2D eigenvalue weighted by Gasteiger charge is -2.34. The maximum absolute atomic E-state index is 13.0. The minimum absolute atomic E-state index is 0.0208. The predicted octanol–water partition coefficient (Wildman–Crippen LogP) is 3.54. The van der Waals surface area contributed by atoms with Crippen LogP contribution in [0.5, 0.6) is 0 Å². The van der Waals surface area contributed by atoms with E-state index in [9.17, 15) is 9.59 Å². The molecule has 0 spiro atoms. The summed E-state index contributed by atoms with van der Waals surface area (Å²) in [4.78, 5) is 32.5. The van der Waals surface area contributed by atoms with Gasteiger partial charge in [0.15, 0.2) is 0 Å². The number of likely N-dealkylation sites (tertiary alicyclic amines) is 1. The highest BCUT2D eigenvalue weighted by molar-refractivity contribution is 5.79. The monoisotopic (exact) mass is 360 g/mol. The van der Waals surface area contributed by atoms with Crippen LogP contribution in [-0.4, -0.2) is 47.3 Å². The van der Waals surface area contributed by atoms with Gasteiger partial charge in [-0.3, -0.25) is 9.63 Å². The van der Waals surface area contributed by atoms with Gasteiger partial charge in [-0.05, 0) is 39.2 Å². The first-order valence-corrected chi connectivity index (χ1v) is 9.34. The number of hydrogen-bond acceptors (Lipinski definition) is 4. The Morgan fingerprint density at radius 1 is 1.08 bits per heavy atom. The Hall–Kier alpha value is -2.08. The topological polar surface area (TPSA) is 59.1 Å². The molecule has 0 aliphatic carbocycles. The van der Waals surface area contributed by atoms with Gasteiger partial charge in [0.1, 0.15) is 5.60 Å². The van der Waals surface area contributed by atoms with Crippen LogP contribution in [0.3, 0.4) is 0 Å². The van der Waals surface area contributed by atoms with Crippen LogP contribution in [0.2, 0.25) is 0 Å². The number of nitrogens with zero attached hydrogens (tertiary/aromatic N) is 2. The van der Waals surface area contributed by atoms with E-state index in [0.29, 0.717) is 32.5 Å². The molecule has 2 saturated heterocycles. The van der Waals surface area contributed by atoms with Crippen LogP contribution in [0.25, 0.3) is 0 Å². The molecule has 0 saturated carbocycles. The number of hydroxylamine groups is 2. The second-order valence-corrected chi connectivity index (χ2v) is 7.95. The van der Waals surface area contributed by atoms with Crippen LogP contribution in [0.15, 0.2) is 30.3 Å². The van der Waals surface area contributed by atoms with E-state index in [2.05, 4.69) is 0 Å². The molecule has 2 aliphatic heterocycles. The van der Waals surface area contributed by atoms with Crippen molar-refractivity contribution in [3.05, 3.63) is 35.9 Å². The zero-order chi connectivity index (χ0) is 18.7. The van der Waals surface area contributed by atoms with Gasteiger partial charge in [0.05, 0.1) is 12.6 Å². The predicted molar refractivity (Wildman–Crippen MR) is 97.1 cm³/mol. The number of hydrogen-bond donors (Lipinski definition) is 0. The van der Waals surface area contributed by atoms with Crippen molar-refractivity contribution in [3.63, 3.8) is 0 Å². The number of carbonyl (C=O) groups is 2. The second kappa shape index (κ2) is 7.66. The standard InChI is InChI=1S/C20H28N2O4/c1-20(2,3)26-19(24)21-12-9-16(10-13-21)18(23)22-17(11-14-25-22)15-7-5-4-6-8-15/h4-8,16-17H,9-14H2,1-3H3/t17-/m0/s1. The second-order valence-electron chi connectivity index (χ2n) is 7.95. The lowest BCUT2D eigenvalue weighted by molar-refractivity contribution is -0.183. The van der Waals surface area contributed by atoms with Crippen LogP contribution in [0, 0.1) is 5.92 Å². The van der Waals surface area contributed by atoms with Gasteiger partial charge in [0.2, 0.25) is 5.91 Å². The summed E-state index contributed by atoms with van der Waals surface area (Å²) in [5, 5.41) is 1.56. The minimum atomic E-state index is -0.504. The molecule has 2 fully saturated rings. The third kappa shape index (κ3) is 4.36. The average Bonchev–Trinajstić information content (AvgIpc) is 3.10. The van der Waals surface area contributed by atoms with Gasteiger partial charge in [0, 0.05) is 25.4 Å². The summed E-state index contributed by atoms with van der Waals surface area (Å²) in [5.41, 5.74) is 0.598. The molecule has 1 aromatic rings. The van der Waals surface area contributed by atoms with E-state index in [-0.39, 0.29) is 24.0 Å². The number of carbonyl (C=O) groups excluding carboxylic acids is 2. The highest BCUT2D eigenvalue weighted by Gasteiger charge is 2.38. The maximum atomic E-state index is 13.0. The molecule has 0 bridgehead atoms. The van der Waals surface area contributed by atoms with E-state index in [1.54, 1.807) is 9.96 Å². The molecule has 2 heterocycles. The quantitative estimate of drug-likeness (QED) is 0.809. The summed E-state index contributed by atoms with van der Waals surface area (Å²) >= 11 is 0. The summed E-state index contributed by atoms with van der Waals surface area (Å²) in [6.07, 6.45) is 1.79. The first-order valence-electron chi connectivity index (χ1n) is 9.34. The molecule has 1 aromatic carbocycles. The van der Waals surface area contributed by atoms with Crippen LogP contribution >= 0.6 is 0 Å². The van der Waals surface area contributed by atoms with Crippen LogP contribution in [0.4, 0.5) is 4.79 Å². The average molecular weight is 360 g/mol. The van der Waals surface area contributed by atoms with Gasteiger partial charge < -0.3 is 9.64 Å². The van der Waals surface area contributed by atoms with Gasteiger partial charge >= 0.3 is 6.09 Å². The summed E-state index contributed by atoms with van der Waals surface area (Å²) < 4.78 is 5.41. The van der Waals surface area contributed by atoms with Crippen molar-refractivity contribution in [3.8, 4) is 0 Å². The first-order chi connectivity index (χ1) is 12.3. The molecule has 2 amide bonds. The van der Waals surface area contributed by atoms with E-state index < -0.39 is 5.60 Å². The number of piperidine rings is 1. The molecule has 0 aromatic heterocycles. The summed E-state index contributed by atoms with van der Waals surface area (Å²) in [5.74, 6) is -0.0850. The van der Waals surface area contributed by atoms with Gasteiger partial charge in [0.25, 0.3) is 0 Å². The number of rotatable bonds is 2. The highest BCUT2D eigenvalue weighted by Crippen LogP contribution is 2.33. The fourth-order valence-corrected chi connectivity index (χ4v) is 3.48. The van der Waals surface area contributed by atoms with Gasteiger partial charge in [-0.15, -0.1) is 0 Å². The Balaban J connectivity index is 1.57. The van der Waals surface area contributed by atoms with Crippen molar-refractivity contribution in [1.82, 2.24) is 9.96 Å². The van der Waals surface area contributed by atoms with Crippen molar-refractivity contribution in [1.29, 1.82) is 0 Å². The minimum Gasteiger partial charge on any atom is -0.444 e. The molecule has 142 valence electrons. The summed E-state index contributed by atoms with van der Waals surface area (Å²) in [6.45, 7) is 7.20. The Labute approximate surface area is 155 Å². The number of amides is 2. The zero-order valence-electron chi connectivity index (χ0n) is 15.8. The molecule has 6 heteroatoms. The van der Waals surface area contributed by atoms with Gasteiger partial charge in [-0.25, -0.2) is 9.86 Å². The Bertz CT molecular complexity index is 633. The zero-order valence-corrected chi connectivity index (χ0v) is 15.8. The molecular formula is C20H28N2O4. The lowest BCUT2D eigenvalue weighted by Crippen LogP contribution is -2.45. The molecule has 2 aliphatic rings. The number of ether oxygens (including phenoxy) is 1. The van der Waals surface area contributed by atoms with Crippen molar-refractivity contribution < 1.29 is 19.2 Å². The van der Waals surface area contributed by atoms with E-state index in [1.165, 1.54) is 0 Å². The first kappa shape index (κ1) is 18.7. The Morgan fingerprint density at radius 3 is 2.35 bits per heavy atom. The largest absolute Gasteiger partial charge is 0.444 e. The van der Waals surface area contributed by atoms with Crippen LogP contribution in [0.1, 0.15) is 51.6 Å². The molecule has 26 heavy (non-hydrogen) atoms. The Morgan fingerprint density at radius 2 is 1.73 bits per heavy atom. The summed E-state index contributed by atoms with van der Waals surface area (Å²) in [6, 6.07) is 9.98. The molecule has 0 unspecified atom stereocenters. The molecule has 1 atom stereocenters. The molecular weight excluding hydrogens is 332 g/mol. The molecule has 0 N–H and O–H groups in total. The van der Waals surface area contributed by atoms with Crippen LogP contribution < -0.4 is 0 Å². The molecule has 0 radical (unpaired) electrons. The number of benzene rings is 1. The van der Waals surface area contributed by atoms with E-state index in [1.807, 2.05) is 51.1 Å². The third-order valence-corrected chi connectivity index (χ3v) is 4.80. The van der Waals surface area contributed by atoms with Crippen molar-refractivity contribution in [2.75, 3.05) is 19.7 Å². The summed E-state index contributed by atoms with van der Waals surface area (Å²) in [7, 11) is 0. The SMILES string of the molecule is CC(C)(C)OC(=O)N1CCC(C(=O)N2OCC[C@H]2c2ccccc2)CC1. The van der Waals surface area contributed by atoms with Crippen molar-refractivity contribution in [2.24, 2.45) is 5.92 Å².